The number of nitrogens with one attached hydrogen (secondary N) is 2. The van der Waals surface area contributed by atoms with E-state index in [0.717, 1.165) is 5.56 Å². The number of nitrogens with zero attached hydrogens (tertiary/aromatic N) is 6. The number of hydrogen-bond donors (Lipinski definition) is 3. The summed E-state index contributed by atoms with van der Waals surface area (Å²) in [6.45, 7) is 0.394. The molecule has 0 unspecified atom stereocenters. The number of fused-ring (bicyclic) bond motifs is 1. The van der Waals surface area contributed by atoms with E-state index in [2.05, 4.69) is 15.6 Å². The Hall–Kier alpha value is -5.11. The van der Waals surface area contributed by atoms with Crippen LogP contribution in [0, 0.1) is 10.1 Å². The number of non-ortho nitro benzene ring substituents is 1. The minimum absolute atomic E-state index is 0. The second-order valence-electron chi connectivity index (χ2n) is 9.24. The number of hydrogen-bond acceptors (Lipinski definition) is 7. The molecule has 5 rings (SSSR count). The van der Waals surface area contributed by atoms with E-state index in [-0.39, 0.29) is 41.3 Å². The molecule has 4 heterocycles. The van der Waals surface area contributed by atoms with Gasteiger partial charge in [-0.1, -0.05) is 0 Å². The van der Waals surface area contributed by atoms with Gasteiger partial charge in [0.15, 0.2) is 0 Å². The molecule has 1 aliphatic rings. The Morgan fingerprint density at radius 2 is 1.55 bits per heavy atom. The molecule has 40 heavy (non-hydrogen) atoms. The summed E-state index contributed by atoms with van der Waals surface area (Å²) in [4.78, 5) is 55.1. The normalized spacial score (nSPS) is 12.0. The number of imidazole rings is 1. The highest BCUT2D eigenvalue weighted by Crippen LogP contribution is 2.32. The van der Waals surface area contributed by atoms with Crippen LogP contribution in [0.3, 0.4) is 0 Å². The number of aryl methyl sites for hydroxylation is 3. The fourth-order valence-corrected chi connectivity index (χ4v) is 4.64. The number of nitrogens with two attached hydrogens (primary N) is 1. The molecule has 0 aliphatic carbocycles. The van der Waals surface area contributed by atoms with Crippen molar-refractivity contribution in [3.8, 4) is 0 Å². The van der Waals surface area contributed by atoms with Gasteiger partial charge in [0.1, 0.15) is 17.2 Å². The molecule has 3 aromatic heterocycles. The van der Waals surface area contributed by atoms with Gasteiger partial charge in [-0.25, -0.2) is 4.98 Å². The van der Waals surface area contributed by atoms with Gasteiger partial charge in [0.25, 0.3) is 23.4 Å². The van der Waals surface area contributed by atoms with Gasteiger partial charge in [0.05, 0.1) is 16.3 Å². The Balaban J connectivity index is 0.00000370. The molecule has 1 aromatic carbocycles. The molecule has 4 aromatic rings. The molecule has 0 atom stereocenters. The van der Waals surface area contributed by atoms with E-state index in [9.17, 15) is 24.5 Å². The first-order chi connectivity index (χ1) is 18.5. The van der Waals surface area contributed by atoms with Crippen LogP contribution in [-0.4, -0.2) is 47.9 Å². The summed E-state index contributed by atoms with van der Waals surface area (Å²) in [5.74, 6) is -0.861. The second kappa shape index (κ2) is 10.6. The number of carbonyl (C=O) groups excluding carboxylic acids is 3. The van der Waals surface area contributed by atoms with E-state index in [1.807, 2.05) is 0 Å². The van der Waals surface area contributed by atoms with E-state index in [1.165, 1.54) is 29.0 Å². The number of nitro benzene ring substituents is 1. The number of aromatic nitrogens is 4. The average molecular weight is 568 g/mol. The van der Waals surface area contributed by atoms with Crippen molar-refractivity contribution in [3.05, 3.63) is 81.8 Å². The van der Waals surface area contributed by atoms with Crippen molar-refractivity contribution >= 4 is 58.7 Å². The van der Waals surface area contributed by atoms with Crippen LogP contribution in [0.4, 0.5) is 28.6 Å². The van der Waals surface area contributed by atoms with Crippen molar-refractivity contribution in [1.29, 1.82) is 0 Å². The summed E-state index contributed by atoms with van der Waals surface area (Å²) < 4.78 is 4.67. The van der Waals surface area contributed by atoms with E-state index in [0.29, 0.717) is 35.7 Å². The van der Waals surface area contributed by atoms with Gasteiger partial charge in [0.2, 0.25) is 5.82 Å². The summed E-state index contributed by atoms with van der Waals surface area (Å²) in [5, 5.41) is 16.6. The lowest BCUT2D eigenvalue weighted by atomic mass is 10.1. The molecule has 14 nitrogen and oxygen atoms in total. The van der Waals surface area contributed by atoms with Crippen molar-refractivity contribution in [2.45, 2.75) is 6.42 Å². The number of halogens is 1. The van der Waals surface area contributed by atoms with Crippen molar-refractivity contribution < 1.29 is 19.3 Å². The number of nitrogen functional groups attached to an aromatic ring is 1. The van der Waals surface area contributed by atoms with Crippen LogP contribution in [0.1, 0.15) is 37.2 Å². The summed E-state index contributed by atoms with van der Waals surface area (Å²) in [7, 11) is 5.00. The lowest BCUT2D eigenvalue weighted by molar-refractivity contribution is -0.384. The van der Waals surface area contributed by atoms with Crippen LogP contribution in [0.15, 0.2) is 48.9 Å². The summed E-state index contributed by atoms with van der Waals surface area (Å²) in [5.41, 5.74) is 8.40. The Bertz CT molecular complexity index is 1670. The Morgan fingerprint density at radius 3 is 2.17 bits per heavy atom. The van der Waals surface area contributed by atoms with Gasteiger partial charge in [-0.15, -0.1) is 12.4 Å². The molecular weight excluding hydrogens is 542 g/mol. The van der Waals surface area contributed by atoms with Crippen molar-refractivity contribution in [1.82, 2.24) is 18.7 Å². The van der Waals surface area contributed by atoms with Crippen LogP contribution in [0.2, 0.25) is 0 Å². The maximum absolute atomic E-state index is 13.3. The van der Waals surface area contributed by atoms with Gasteiger partial charge >= 0.3 is 0 Å². The monoisotopic (exact) mass is 567 g/mol. The SMILES string of the molecule is Cl.Cn1cc(NC(=O)c2nc(N)cn2C)cc1C(=O)Nc1cc(C(=O)N2CCc3cc([N+](=O)[O-])ccc32)n(C)c1. The average Bonchev–Trinajstić information content (AvgIpc) is 3.63. The van der Waals surface area contributed by atoms with Gasteiger partial charge in [-0.3, -0.25) is 24.5 Å². The van der Waals surface area contributed by atoms with Crippen LogP contribution in [0.5, 0.6) is 0 Å². The molecule has 15 heteroatoms. The zero-order chi connectivity index (χ0) is 28.0. The van der Waals surface area contributed by atoms with Gasteiger partial charge < -0.3 is 35.0 Å². The zero-order valence-corrected chi connectivity index (χ0v) is 22.6. The standard InChI is InChI=1S/C25H25N9O5.ClH/c1-30-11-15(28-24(36)22-29-21(26)13-32(22)3)9-19(30)23(35)27-16-10-20(31(2)12-16)25(37)33-7-6-14-8-17(34(38)39)4-5-18(14)33;/h4-5,8-13H,6-7,26H2,1-3H3,(H,27,35)(H,28,36);1H. The van der Waals surface area contributed by atoms with Gasteiger partial charge in [-0.2, -0.15) is 0 Å². The molecule has 4 N–H and O–H groups in total. The highest BCUT2D eigenvalue weighted by molar-refractivity contribution is 6.09. The zero-order valence-electron chi connectivity index (χ0n) is 21.7. The third-order valence-electron chi connectivity index (χ3n) is 6.49. The summed E-state index contributed by atoms with van der Waals surface area (Å²) in [6, 6.07) is 7.54. The Labute approximate surface area is 233 Å². The molecular formula is C25H26ClN9O5. The predicted molar refractivity (Wildman–Crippen MR) is 150 cm³/mol. The number of carbonyl (C=O) groups is 3. The maximum atomic E-state index is 13.3. The number of amides is 3. The van der Waals surface area contributed by atoms with Gasteiger partial charge in [0, 0.05) is 64.1 Å². The van der Waals surface area contributed by atoms with Crippen LogP contribution >= 0.6 is 12.4 Å². The highest BCUT2D eigenvalue weighted by Gasteiger charge is 2.29. The topological polar surface area (TPSA) is 175 Å². The van der Waals surface area contributed by atoms with E-state index in [4.69, 9.17) is 5.73 Å². The van der Waals surface area contributed by atoms with Crippen molar-refractivity contribution in [2.24, 2.45) is 21.1 Å². The van der Waals surface area contributed by atoms with Crippen LogP contribution < -0.4 is 21.3 Å². The quantitative estimate of drug-likeness (QED) is 0.237. The highest BCUT2D eigenvalue weighted by atomic mass is 35.5. The van der Waals surface area contributed by atoms with E-state index in [1.54, 1.807) is 59.7 Å². The summed E-state index contributed by atoms with van der Waals surface area (Å²) in [6.07, 6.45) is 5.24. The fraction of sp³-hybridized carbons (Fsp3) is 0.200. The first-order valence-corrected chi connectivity index (χ1v) is 11.8. The Morgan fingerprint density at radius 1 is 0.925 bits per heavy atom. The summed E-state index contributed by atoms with van der Waals surface area (Å²) >= 11 is 0. The largest absolute Gasteiger partial charge is 0.382 e. The van der Waals surface area contributed by atoms with Crippen molar-refractivity contribution in [2.75, 3.05) is 27.8 Å². The number of rotatable bonds is 6. The third-order valence-corrected chi connectivity index (χ3v) is 6.49. The molecule has 3 amide bonds. The first-order valence-electron chi connectivity index (χ1n) is 11.8. The number of benzene rings is 1. The fourth-order valence-electron chi connectivity index (χ4n) is 4.64. The number of nitro groups is 1. The minimum atomic E-state index is -0.476. The van der Waals surface area contributed by atoms with Crippen LogP contribution in [0.25, 0.3) is 0 Å². The molecule has 0 spiro atoms. The molecule has 0 saturated heterocycles. The lowest BCUT2D eigenvalue weighted by Gasteiger charge is -2.17. The van der Waals surface area contributed by atoms with E-state index < -0.39 is 16.7 Å². The molecule has 208 valence electrons. The third kappa shape index (κ3) is 5.11. The molecule has 0 bridgehead atoms. The van der Waals surface area contributed by atoms with Crippen LogP contribution in [-0.2, 0) is 27.6 Å². The maximum Gasteiger partial charge on any atom is 0.291 e. The van der Waals surface area contributed by atoms with E-state index >= 15 is 0 Å². The smallest absolute Gasteiger partial charge is 0.291 e. The van der Waals surface area contributed by atoms with Gasteiger partial charge in [-0.05, 0) is 30.2 Å². The molecule has 0 saturated carbocycles. The second-order valence-corrected chi connectivity index (χ2v) is 9.24. The molecule has 1 aliphatic heterocycles. The molecule has 0 radical (unpaired) electrons. The Kier molecular flexibility index (Phi) is 7.38. The molecule has 0 fully saturated rings. The predicted octanol–water partition coefficient (Wildman–Crippen LogP) is 2.72. The lowest BCUT2D eigenvalue weighted by Crippen LogP contribution is -2.30. The first kappa shape index (κ1) is 27.9. The number of anilines is 4. The minimum Gasteiger partial charge on any atom is -0.382 e. The van der Waals surface area contributed by atoms with Crippen molar-refractivity contribution in [3.63, 3.8) is 0 Å².